The molecule has 2 aromatic heterocycles. The van der Waals surface area contributed by atoms with E-state index in [1.54, 1.807) is 24.3 Å². The standard InChI is InChI=1S/C17H15F2N3O2/c18-17(19)13-6-2-5-12(21-13)10-3-1-4-11(7-10)22-9-15(24)14(23)8-16(22)20/h1-6,8-10,17,24H,7,20H2. The third kappa shape index (κ3) is 3.05. The number of rotatable bonds is 3. The monoisotopic (exact) mass is 331 g/mol. The van der Waals surface area contributed by atoms with Gasteiger partial charge in [-0.2, -0.15) is 0 Å². The highest BCUT2D eigenvalue weighted by atomic mass is 19.3. The van der Waals surface area contributed by atoms with Gasteiger partial charge in [-0.3, -0.25) is 9.78 Å². The van der Waals surface area contributed by atoms with Crippen molar-refractivity contribution in [3.05, 3.63) is 70.3 Å². The van der Waals surface area contributed by atoms with Crippen LogP contribution >= 0.6 is 0 Å². The van der Waals surface area contributed by atoms with E-state index in [0.29, 0.717) is 12.1 Å². The van der Waals surface area contributed by atoms with Crippen LogP contribution < -0.4 is 11.2 Å². The first-order valence-electron chi connectivity index (χ1n) is 7.29. The van der Waals surface area contributed by atoms with Gasteiger partial charge in [-0.1, -0.05) is 18.2 Å². The van der Waals surface area contributed by atoms with Crippen molar-refractivity contribution in [1.82, 2.24) is 9.55 Å². The minimum Gasteiger partial charge on any atom is -0.503 e. The molecule has 2 heterocycles. The van der Waals surface area contributed by atoms with Crippen LogP contribution in [0, 0.1) is 0 Å². The Morgan fingerprint density at radius 1 is 1.38 bits per heavy atom. The molecule has 3 N–H and O–H groups in total. The van der Waals surface area contributed by atoms with Gasteiger partial charge in [0.2, 0.25) is 5.43 Å². The second kappa shape index (κ2) is 6.27. The molecule has 0 aliphatic heterocycles. The Bertz CT molecular complexity index is 888. The van der Waals surface area contributed by atoms with Gasteiger partial charge in [0.05, 0.1) is 6.20 Å². The molecule has 0 fully saturated rings. The lowest BCUT2D eigenvalue weighted by atomic mass is 9.94. The van der Waals surface area contributed by atoms with Gasteiger partial charge in [0.15, 0.2) is 5.75 Å². The predicted octanol–water partition coefficient (Wildman–Crippen LogP) is 3.05. The van der Waals surface area contributed by atoms with Crippen LogP contribution in [0.15, 0.2) is 53.5 Å². The third-order valence-corrected chi connectivity index (χ3v) is 3.83. The zero-order chi connectivity index (χ0) is 17.3. The molecule has 7 heteroatoms. The summed E-state index contributed by atoms with van der Waals surface area (Å²) in [6.45, 7) is 0. The van der Waals surface area contributed by atoms with Crippen molar-refractivity contribution in [3.63, 3.8) is 0 Å². The number of allylic oxidation sites excluding steroid dienone is 4. The Morgan fingerprint density at radius 3 is 2.92 bits per heavy atom. The van der Waals surface area contributed by atoms with E-state index in [1.165, 1.54) is 16.8 Å². The van der Waals surface area contributed by atoms with Gasteiger partial charge in [0.25, 0.3) is 6.43 Å². The van der Waals surface area contributed by atoms with Gasteiger partial charge in [-0.15, -0.1) is 0 Å². The molecule has 0 radical (unpaired) electrons. The molecule has 5 nitrogen and oxygen atoms in total. The molecule has 1 aliphatic rings. The Hall–Kier alpha value is -2.96. The van der Waals surface area contributed by atoms with Gasteiger partial charge in [0, 0.05) is 23.4 Å². The molecule has 1 unspecified atom stereocenters. The number of pyridine rings is 2. The largest absolute Gasteiger partial charge is 0.503 e. The topological polar surface area (TPSA) is 81.1 Å². The van der Waals surface area contributed by atoms with Crippen molar-refractivity contribution in [2.24, 2.45) is 0 Å². The number of nitrogens with two attached hydrogens (primary N) is 1. The highest BCUT2D eigenvalue weighted by molar-refractivity contribution is 5.59. The SMILES string of the molecule is Nc1cc(=O)c(O)cn1C1=CC=CC(c2cccc(C(F)F)n2)C1. The minimum atomic E-state index is -2.63. The molecule has 24 heavy (non-hydrogen) atoms. The van der Waals surface area contributed by atoms with Gasteiger partial charge in [-0.25, -0.2) is 8.78 Å². The third-order valence-electron chi connectivity index (χ3n) is 3.83. The summed E-state index contributed by atoms with van der Waals surface area (Å²) >= 11 is 0. The quantitative estimate of drug-likeness (QED) is 0.906. The molecule has 124 valence electrons. The highest BCUT2D eigenvalue weighted by Crippen LogP contribution is 2.32. The smallest absolute Gasteiger partial charge is 0.280 e. The number of alkyl halides is 2. The summed E-state index contributed by atoms with van der Waals surface area (Å²) in [5, 5.41) is 9.61. The van der Waals surface area contributed by atoms with Crippen LogP contribution in [-0.2, 0) is 0 Å². The lowest BCUT2D eigenvalue weighted by Crippen LogP contribution is -2.14. The van der Waals surface area contributed by atoms with E-state index < -0.39 is 17.6 Å². The number of aromatic hydroxyl groups is 1. The summed E-state index contributed by atoms with van der Waals surface area (Å²) < 4.78 is 27.1. The summed E-state index contributed by atoms with van der Waals surface area (Å²) in [6.07, 6.45) is 4.49. The van der Waals surface area contributed by atoms with Crippen molar-refractivity contribution in [2.75, 3.05) is 5.73 Å². The van der Waals surface area contributed by atoms with Gasteiger partial charge in [-0.05, 0) is 24.6 Å². The summed E-state index contributed by atoms with van der Waals surface area (Å²) in [7, 11) is 0. The normalized spacial score (nSPS) is 17.1. The summed E-state index contributed by atoms with van der Waals surface area (Å²) in [6, 6.07) is 5.67. The predicted molar refractivity (Wildman–Crippen MR) is 86.7 cm³/mol. The fraction of sp³-hybridized carbons (Fsp3) is 0.176. The van der Waals surface area contributed by atoms with Crippen molar-refractivity contribution in [1.29, 1.82) is 0 Å². The number of anilines is 1. The van der Waals surface area contributed by atoms with E-state index in [2.05, 4.69) is 4.98 Å². The molecule has 1 atom stereocenters. The van der Waals surface area contributed by atoms with Crippen molar-refractivity contribution in [3.8, 4) is 5.75 Å². The van der Waals surface area contributed by atoms with Crippen LogP contribution in [0.25, 0.3) is 5.70 Å². The Balaban J connectivity index is 1.92. The number of aromatic nitrogens is 2. The summed E-state index contributed by atoms with van der Waals surface area (Å²) in [5.41, 5.74) is 6.27. The van der Waals surface area contributed by atoms with Gasteiger partial charge in [0.1, 0.15) is 11.5 Å². The second-order valence-corrected chi connectivity index (χ2v) is 5.46. The Kier molecular flexibility index (Phi) is 4.16. The fourth-order valence-corrected chi connectivity index (χ4v) is 2.63. The maximum absolute atomic E-state index is 12.8. The van der Waals surface area contributed by atoms with E-state index >= 15 is 0 Å². The van der Waals surface area contributed by atoms with Crippen LogP contribution in [-0.4, -0.2) is 14.7 Å². The second-order valence-electron chi connectivity index (χ2n) is 5.46. The van der Waals surface area contributed by atoms with Crippen LogP contribution in [0.2, 0.25) is 0 Å². The molecule has 0 bridgehead atoms. The van der Waals surface area contributed by atoms with E-state index in [0.717, 1.165) is 11.8 Å². The first-order valence-corrected chi connectivity index (χ1v) is 7.29. The molecule has 3 rings (SSSR count). The molecule has 0 saturated carbocycles. The van der Waals surface area contributed by atoms with Crippen molar-refractivity contribution < 1.29 is 13.9 Å². The fourth-order valence-electron chi connectivity index (χ4n) is 2.63. The maximum atomic E-state index is 12.8. The van der Waals surface area contributed by atoms with Crippen LogP contribution in [0.3, 0.4) is 0 Å². The van der Waals surface area contributed by atoms with E-state index in [1.807, 2.05) is 6.08 Å². The molecule has 0 aromatic carbocycles. The van der Waals surface area contributed by atoms with Crippen LogP contribution in [0.5, 0.6) is 5.75 Å². The molecule has 0 spiro atoms. The average molecular weight is 331 g/mol. The van der Waals surface area contributed by atoms with Crippen LogP contribution in [0.1, 0.15) is 30.2 Å². The highest BCUT2D eigenvalue weighted by Gasteiger charge is 2.19. The molecule has 1 aliphatic carbocycles. The number of nitrogen functional groups attached to an aromatic ring is 1. The molecular formula is C17H15F2N3O2. The molecule has 2 aromatic rings. The Morgan fingerprint density at radius 2 is 2.17 bits per heavy atom. The van der Waals surface area contributed by atoms with E-state index in [9.17, 15) is 18.7 Å². The number of nitrogens with zero attached hydrogens (tertiary/aromatic N) is 2. The maximum Gasteiger partial charge on any atom is 0.280 e. The lowest BCUT2D eigenvalue weighted by molar-refractivity contribution is 0.145. The first-order chi connectivity index (χ1) is 11.5. The lowest BCUT2D eigenvalue weighted by Gasteiger charge is -2.21. The van der Waals surface area contributed by atoms with Crippen LogP contribution in [0.4, 0.5) is 14.6 Å². The van der Waals surface area contributed by atoms with E-state index in [-0.39, 0.29) is 17.4 Å². The zero-order valence-corrected chi connectivity index (χ0v) is 12.6. The number of hydrogen-bond donors (Lipinski definition) is 2. The average Bonchev–Trinajstić information content (AvgIpc) is 2.58. The molecular weight excluding hydrogens is 316 g/mol. The number of hydrogen-bond acceptors (Lipinski definition) is 4. The number of halogens is 2. The van der Waals surface area contributed by atoms with Gasteiger partial charge < -0.3 is 15.4 Å². The van der Waals surface area contributed by atoms with E-state index in [4.69, 9.17) is 5.73 Å². The summed E-state index contributed by atoms with van der Waals surface area (Å²) in [4.78, 5) is 15.4. The van der Waals surface area contributed by atoms with Crippen molar-refractivity contribution >= 4 is 11.5 Å². The zero-order valence-electron chi connectivity index (χ0n) is 12.6. The Labute approximate surface area is 136 Å². The first kappa shape index (κ1) is 15.9. The molecule has 0 saturated heterocycles. The minimum absolute atomic E-state index is 0.187. The van der Waals surface area contributed by atoms with Crippen molar-refractivity contribution in [2.45, 2.75) is 18.8 Å². The molecule has 0 amide bonds. The summed E-state index contributed by atoms with van der Waals surface area (Å²) in [5.74, 6) is -0.425. The van der Waals surface area contributed by atoms with Gasteiger partial charge >= 0.3 is 0 Å².